The van der Waals surface area contributed by atoms with Gasteiger partial charge in [-0.15, -0.1) is 0 Å². The molecule has 0 amide bonds. The maximum atomic E-state index is 13.6. The minimum atomic E-state index is -0.321. The van der Waals surface area contributed by atoms with Crippen LogP contribution in [-0.2, 0) is 6.54 Å². The number of hydrogen-bond acceptors (Lipinski definition) is 2. The van der Waals surface area contributed by atoms with Crippen LogP contribution >= 0.6 is 0 Å². The van der Waals surface area contributed by atoms with Gasteiger partial charge in [0.25, 0.3) is 0 Å². The van der Waals surface area contributed by atoms with Crippen LogP contribution in [0.1, 0.15) is 43.7 Å². The summed E-state index contributed by atoms with van der Waals surface area (Å²) >= 11 is 0. The highest BCUT2D eigenvalue weighted by Crippen LogP contribution is 2.27. The van der Waals surface area contributed by atoms with Gasteiger partial charge in [0.15, 0.2) is 0 Å². The third-order valence-corrected chi connectivity index (χ3v) is 4.31. The molecule has 1 aromatic rings. The molecule has 1 aliphatic rings. The lowest BCUT2D eigenvalue weighted by molar-refractivity contribution is 0.164. The largest absolute Gasteiger partial charge is 0.384 e. The first-order valence-electron chi connectivity index (χ1n) is 7.30. The Kier molecular flexibility index (Phi) is 4.76. The van der Waals surface area contributed by atoms with Crippen molar-refractivity contribution in [3.63, 3.8) is 0 Å². The molecule has 110 valence electrons. The van der Waals surface area contributed by atoms with E-state index < -0.39 is 0 Å². The van der Waals surface area contributed by atoms with Gasteiger partial charge >= 0.3 is 0 Å². The maximum absolute atomic E-state index is 13.6. The topological polar surface area (TPSA) is 53.1 Å². The van der Waals surface area contributed by atoms with Crippen molar-refractivity contribution in [2.75, 3.05) is 7.05 Å². The SMILES string of the molecule is CC1CCC(N(C)Cc2cc(F)cc(C(=N)N)c2)CC1. The molecule has 20 heavy (non-hydrogen) atoms. The van der Waals surface area contributed by atoms with Gasteiger partial charge in [-0.2, -0.15) is 0 Å². The van der Waals surface area contributed by atoms with Crippen molar-refractivity contribution < 1.29 is 4.39 Å². The fourth-order valence-corrected chi connectivity index (χ4v) is 3.00. The van der Waals surface area contributed by atoms with Crippen molar-refractivity contribution >= 4 is 5.84 Å². The number of hydrogen-bond donors (Lipinski definition) is 2. The number of halogens is 1. The summed E-state index contributed by atoms with van der Waals surface area (Å²) in [7, 11) is 2.10. The van der Waals surface area contributed by atoms with E-state index in [2.05, 4.69) is 18.9 Å². The number of nitrogens with zero attached hydrogens (tertiary/aromatic N) is 1. The minimum Gasteiger partial charge on any atom is -0.384 e. The first kappa shape index (κ1) is 15.0. The van der Waals surface area contributed by atoms with E-state index in [1.807, 2.05) is 6.07 Å². The predicted molar refractivity (Wildman–Crippen MR) is 80.3 cm³/mol. The molecule has 0 heterocycles. The molecule has 3 N–H and O–H groups in total. The van der Waals surface area contributed by atoms with Crippen LogP contribution < -0.4 is 5.73 Å². The van der Waals surface area contributed by atoms with Crippen LogP contribution in [0.3, 0.4) is 0 Å². The fourth-order valence-electron chi connectivity index (χ4n) is 3.00. The molecule has 1 fully saturated rings. The van der Waals surface area contributed by atoms with Crippen LogP contribution in [-0.4, -0.2) is 23.8 Å². The standard InChI is InChI=1S/C16H24FN3/c1-11-3-5-15(6-4-11)20(2)10-12-7-13(16(18)19)9-14(17)8-12/h7-9,11,15H,3-6,10H2,1-2H3,(H3,18,19). The van der Waals surface area contributed by atoms with E-state index in [9.17, 15) is 4.39 Å². The molecular weight excluding hydrogens is 253 g/mol. The molecule has 0 spiro atoms. The Hall–Kier alpha value is -1.42. The summed E-state index contributed by atoms with van der Waals surface area (Å²) in [5.41, 5.74) is 6.79. The second-order valence-electron chi connectivity index (χ2n) is 6.09. The predicted octanol–water partition coefficient (Wildman–Crippen LogP) is 3.12. The molecule has 1 aromatic carbocycles. The van der Waals surface area contributed by atoms with E-state index in [4.69, 9.17) is 11.1 Å². The van der Waals surface area contributed by atoms with E-state index in [1.54, 1.807) is 0 Å². The van der Waals surface area contributed by atoms with Gasteiger partial charge in [0.2, 0.25) is 0 Å². The average molecular weight is 277 g/mol. The van der Waals surface area contributed by atoms with E-state index >= 15 is 0 Å². The van der Waals surface area contributed by atoms with Gasteiger partial charge in [-0.1, -0.05) is 6.92 Å². The lowest BCUT2D eigenvalue weighted by Crippen LogP contribution is -2.34. The third-order valence-electron chi connectivity index (χ3n) is 4.31. The molecule has 0 bridgehead atoms. The highest BCUT2D eigenvalue weighted by Gasteiger charge is 2.21. The van der Waals surface area contributed by atoms with Crippen molar-refractivity contribution in [3.05, 3.63) is 35.1 Å². The Balaban J connectivity index is 2.03. The second-order valence-corrected chi connectivity index (χ2v) is 6.09. The quantitative estimate of drug-likeness (QED) is 0.656. The van der Waals surface area contributed by atoms with Gasteiger partial charge in [0, 0.05) is 18.2 Å². The van der Waals surface area contributed by atoms with Crippen LogP contribution in [0.5, 0.6) is 0 Å². The monoisotopic (exact) mass is 277 g/mol. The summed E-state index contributed by atoms with van der Waals surface area (Å²) in [6.07, 6.45) is 4.98. The zero-order valence-corrected chi connectivity index (χ0v) is 12.3. The Labute approximate surface area is 120 Å². The number of nitrogens with two attached hydrogens (primary N) is 1. The number of nitrogen functional groups attached to an aromatic ring is 1. The molecule has 4 heteroatoms. The summed E-state index contributed by atoms with van der Waals surface area (Å²) in [5.74, 6) is 0.427. The van der Waals surface area contributed by atoms with Gasteiger partial charge < -0.3 is 5.73 Å². The van der Waals surface area contributed by atoms with E-state index in [-0.39, 0.29) is 11.7 Å². The van der Waals surface area contributed by atoms with E-state index in [0.717, 1.165) is 11.5 Å². The number of rotatable bonds is 4. The van der Waals surface area contributed by atoms with Crippen molar-refractivity contribution in [3.8, 4) is 0 Å². The summed E-state index contributed by atoms with van der Waals surface area (Å²) in [5, 5.41) is 7.43. The Bertz CT molecular complexity index is 479. The fraction of sp³-hybridized carbons (Fsp3) is 0.562. The molecule has 0 aliphatic heterocycles. The third kappa shape index (κ3) is 3.79. The lowest BCUT2D eigenvalue weighted by Gasteiger charge is -2.33. The molecule has 2 rings (SSSR count). The van der Waals surface area contributed by atoms with Crippen molar-refractivity contribution in [1.82, 2.24) is 4.90 Å². The molecule has 0 atom stereocenters. The zero-order valence-electron chi connectivity index (χ0n) is 12.3. The van der Waals surface area contributed by atoms with Gasteiger partial charge in [-0.25, -0.2) is 4.39 Å². The molecule has 0 saturated heterocycles. The first-order valence-corrected chi connectivity index (χ1v) is 7.30. The normalized spacial score (nSPS) is 23.0. The first-order chi connectivity index (χ1) is 9.45. The lowest BCUT2D eigenvalue weighted by atomic mass is 9.86. The highest BCUT2D eigenvalue weighted by atomic mass is 19.1. The van der Waals surface area contributed by atoms with Gasteiger partial charge in [0.05, 0.1) is 0 Å². The Morgan fingerprint density at radius 3 is 2.55 bits per heavy atom. The van der Waals surface area contributed by atoms with Crippen LogP contribution in [0.15, 0.2) is 18.2 Å². The summed E-state index contributed by atoms with van der Waals surface area (Å²) in [6, 6.07) is 5.24. The summed E-state index contributed by atoms with van der Waals surface area (Å²) in [4.78, 5) is 2.30. The van der Waals surface area contributed by atoms with Crippen molar-refractivity contribution in [1.29, 1.82) is 5.41 Å². The summed E-state index contributed by atoms with van der Waals surface area (Å²) in [6.45, 7) is 3.01. The molecule has 0 radical (unpaired) electrons. The van der Waals surface area contributed by atoms with Gasteiger partial charge in [-0.3, -0.25) is 10.3 Å². The number of nitrogens with one attached hydrogen (secondary N) is 1. The second kappa shape index (κ2) is 6.35. The molecule has 1 saturated carbocycles. The van der Waals surface area contributed by atoms with Crippen molar-refractivity contribution in [2.24, 2.45) is 11.7 Å². The highest BCUT2D eigenvalue weighted by molar-refractivity contribution is 5.95. The molecule has 3 nitrogen and oxygen atoms in total. The van der Waals surface area contributed by atoms with Crippen LogP contribution in [0.25, 0.3) is 0 Å². The number of amidine groups is 1. The minimum absolute atomic E-state index is 0.0834. The van der Waals surface area contributed by atoms with Crippen LogP contribution in [0.2, 0.25) is 0 Å². The van der Waals surface area contributed by atoms with E-state index in [0.29, 0.717) is 18.2 Å². The molecule has 0 unspecified atom stereocenters. The Morgan fingerprint density at radius 2 is 1.95 bits per heavy atom. The maximum Gasteiger partial charge on any atom is 0.124 e. The summed E-state index contributed by atoms with van der Waals surface area (Å²) < 4.78 is 13.6. The Morgan fingerprint density at radius 1 is 1.30 bits per heavy atom. The van der Waals surface area contributed by atoms with Crippen LogP contribution in [0, 0.1) is 17.1 Å². The molecular formula is C16H24FN3. The van der Waals surface area contributed by atoms with Gasteiger partial charge in [0.1, 0.15) is 11.7 Å². The average Bonchev–Trinajstić information content (AvgIpc) is 2.38. The van der Waals surface area contributed by atoms with Crippen molar-refractivity contribution in [2.45, 2.75) is 45.2 Å². The smallest absolute Gasteiger partial charge is 0.124 e. The van der Waals surface area contributed by atoms with Crippen LogP contribution in [0.4, 0.5) is 4.39 Å². The molecule has 0 aromatic heterocycles. The van der Waals surface area contributed by atoms with E-state index in [1.165, 1.54) is 37.8 Å². The van der Waals surface area contributed by atoms with Gasteiger partial charge in [-0.05, 0) is 62.4 Å². The zero-order chi connectivity index (χ0) is 14.7. The molecule has 1 aliphatic carbocycles. The number of benzene rings is 1.